The SMILES string of the molecule is CC1CCC(N)C(c2cc3ccccc3o2)C1. The highest BCUT2D eigenvalue weighted by molar-refractivity contribution is 5.77. The van der Waals surface area contributed by atoms with E-state index < -0.39 is 0 Å². The summed E-state index contributed by atoms with van der Waals surface area (Å²) in [5, 5.41) is 1.19. The van der Waals surface area contributed by atoms with E-state index in [9.17, 15) is 0 Å². The van der Waals surface area contributed by atoms with Gasteiger partial charge in [0, 0.05) is 17.3 Å². The third-order valence-corrected chi connectivity index (χ3v) is 3.98. The molecule has 3 rings (SSSR count). The molecule has 0 aliphatic heterocycles. The largest absolute Gasteiger partial charge is 0.461 e. The van der Waals surface area contributed by atoms with Crippen molar-refractivity contribution in [3.63, 3.8) is 0 Å². The summed E-state index contributed by atoms with van der Waals surface area (Å²) >= 11 is 0. The van der Waals surface area contributed by atoms with Crippen LogP contribution in [0.2, 0.25) is 0 Å². The van der Waals surface area contributed by atoms with Gasteiger partial charge in [-0.1, -0.05) is 25.1 Å². The van der Waals surface area contributed by atoms with Crippen molar-refractivity contribution >= 4 is 11.0 Å². The first-order valence-electron chi connectivity index (χ1n) is 6.48. The van der Waals surface area contributed by atoms with Gasteiger partial charge in [0.2, 0.25) is 0 Å². The van der Waals surface area contributed by atoms with Crippen LogP contribution in [-0.4, -0.2) is 6.04 Å². The molecule has 3 unspecified atom stereocenters. The summed E-state index contributed by atoms with van der Waals surface area (Å²) in [6.45, 7) is 2.31. The molecule has 2 N–H and O–H groups in total. The normalized spacial score (nSPS) is 29.6. The molecule has 17 heavy (non-hydrogen) atoms. The van der Waals surface area contributed by atoms with Gasteiger partial charge in [0.15, 0.2) is 0 Å². The van der Waals surface area contributed by atoms with Crippen molar-refractivity contribution in [3.8, 4) is 0 Å². The van der Waals surface area contributed by atoms with Gasteiger partial charge in [-0.05, 0) is 37.3 Å². The molecule has 2 aromatic rings. The Bertz CT molecular complexity index is 483. The van der Waals surface area contributed by atoms with E-state index >= 15 is 0 Å². The second-order valence-corrected chi connectivity index (χ2v) is 5.38. The van der Waals surface area contributed by atoms with Crippen LogP contribution in [0.25, 0.3) is 11.0 Å². The summed E-state index contributed by atoms with van der Waals surface area (Å²) in [4.78, 5) is 0. The van der Waals surface area contributed by atoms with Crippen molar-refractivity contribution in [1.82, 2.24) is 0 Å². The maximum Gasteiger partial charge on any atom is 0.134 e. The van der Waals surface area contributed by atoms with Crippen molar-refractivity contribution in [1.29, 1.82) is 0 Å². The van der Waals surface area contributed by atoms with E-state index in [1.54, 1.807) is 0 Å². The van der Waals surface area contributed by atoms with Gasteiger partial charge in [-0.3, -0.25) is 0 Å². The Kier molecular flexibility index (Phi) is 2.67. The molecule has 1 saturated carbocycles. The van der Waals surface area contributed by atoms with Crippen molar-refractivity contribution in [2.75, 3.05) is 0 Å². The zero-order valence-electron chi connectivity index (χ0n) is 10.2. The molecular formula is C15H19NO. The van der Waals surface area contributed by atoms with Gasteiger partial charge < -0.3 is 10.2 Å². The van der Waals surface area contributed by atoms with E-state index in [1.165, 1.54) is 11.8 Å². The molecule has 1 aliphatic rings. The molecule has 1 fully saturated rings. The highest BCUT2D eigenvalue weighted by atomic mass is 16.3. The summed E-state index contributed by atoms with van der Waals surface area (Å²) in [5.41, 5.74) is 7.21. The predicted molar refractivity (Wildman–Crippen MR) is 69.9 cm³/mol. The van der Waals surface area contributed by atoms with Crippen LogP contribution >= 0.6 is 0 Å². The van der Waals surface area contributed by atoms with E-state index in [-0.39, 0.29) is 6.04 Å². The molecule has 90 valence electrons. The summed E-state index contributed by atoms with van der Waals surface area (Å²) in [5.74, 6) is 2.23. The molecule has 0 radical (unpaired) electrons. The van der Waals surface area contributed by atoms with E-state index in [0.717, 1.165) is 30.1 Å². The fourth-order valence-electron chi connectivity index (χ4n) is 2.92. The molecule has 1 aromatic carbocycles. The van der Waals surface area contributed by atoms with Gasteiger partial charge in [-0.2, -0.15) is 0 Å². The summed E-state index contributed by atoms with van der Waals surface area (Å²) < 4.78 is 5.95. The van der Waals surface area contributed by atoms with Crippen LogP contribution in [0.5, 0.6) is 0 Å². The summed E-state index contributed by atoms with van der Waals surface area (Å²) in [7, 11) is 0. The number of nitrogens with two attached hydrogens (primary N) is 1. The zero-order chi connectivity index (χ0) is 11.8. The number of rotatable bonds is 1. The highest BCUT2D eigenvalue weighted by Gasteiger charge is 2.29. The van der Waals surface area contributed by atoms with Crippen molar-refractivity contribution in [3.05, 3.63) is 36.1 Å². The van der Waals surface area contributed by atoms with E-state index in [0.29, 0.717) is 5.92 Å². The van der Waals surface area contributed by atoms with Crippen molar-refractivity contribution in [2.45, 2.75) is 38.1 Å². The molecule has 0 spiro atoms. The van der Waals surface area contributed by atoms with Crippen LogP contribution in [0, 0.1) is 5.92 Å². The minimum Gasteiger partial charge on any atom is -0.461 e. The molecule has 3 atom stereocenters. The second kappa shape index (κ2) is 4.19. The van der Waals surface area contributed by atoms with Crippen LogP contribution in [0.1, 0.15) is 37.9 Å². The number of hydrogen-bond donors (Lipinski definition) is 1. The molecule has 0 bridgehead atoms. The molecule has 1 heterocycles. The molecule has 2 heteroatoms. The minimum absolute atomic E-state index is 0.256. The first-order valence-corrected chi connectivity index (χ1v) is 6.48. The molecule has 0 saturated heterocycles. The van der Waals surface area contributed by atoms with Crippen LogP contribution in [0.3, 0.4) is 0 Å². The molecule has 0 amide bonds. The standard InChI is InChI=1S/C15H19NO/c1-10-6-7-13(16)12(8-10)15-9-11-4-2-3-5-14(11)17-15/h2-5,9-10,12-13H,6-8,16H2,1H3. The Hall–Kier alpha value is -1.28. The molecule has 1 aliphatic carbocycles. The van der Waals surface area contributed by atoms with Gasteiger partial charge in [0.05, 0.1) is 0 Å². The average molecular weight is 229 g/mol. The van der Waals surface area contributed by atoms with Crippen LogP contribution in [0.15, 0.2) is 34.7 Å². The number of hydrogen-bond acceptors (Lipinski definition) is 2. The van der Waals surface area contributed by atoms with Gasteiger partial charge in [0.25, 0.3) is 0 Å². The van der Waals surface area contributed by atoms with E-state index in [4.69, 9.17) is 10.2 Å². The molecule has 1 aromatic heterocycles. The number of benzene rings is 1. The quantitative estimate of drug-likeness (QED) is 0.810. The lowest BCUT2D eigenvalue weighted by Crippen LogP contribution is -2.33. The Morgan fingerprint density at radius 2 is 2.06 bits per heavy atom. The third kappa shape index (κ3) is 1.98. The monoisotopic (exact) mass is 229 g/mol. The zero-order valence-corrected chi connectivity index (χ0v) is 10.2. The Morgan fingerprint density at radius 3 is 2.88 bits per heavy atom. The maximum absolute atomic E-state index is 6.24. The maximum atomic E-state index is 6.24. The lowest BCUT2D eigenvalue weighted by atomic mass is 9.78. The number of para-hydroxylation sites is 1. The third-order valence-electron chi connectivity index (χ3n) is 3.98. The van der Waals surface area contributed by atoms with Crippen molar-refractivity contribution < 1.29 is 4.42 Å². The average Bonchev–Trinajstić information content (AvgIpc) is 2.75. The van der Waals surface area contributed by atoms with Gasteiger partial charge in [0.1, 0.15) is 11.3 Å². The highest BCUT2D eigenvalue weighted by Crippen LogP contribution is 2.37. The molecule has 2 nitrogen and oxygen atoms in total. The van der Waals surface area contributed by atoms with E-state index in [2.05, 4.69) is 19.1 Å². The van der Waals surface area contributed by atoms with E-state index in [1.807, 2.05) is 18.2 Å². The lowest BCUT2D eigenvalue weighted by molar-refractivity contribution is 0.280. The molecular weight excluding hydrogens is 210 g/mol. The number of fused-ring (bicyclic) bond motifs is 1. The Balaban J connectivity index is 1.96. The van der Waals surface area contributed by atoms with Gasteiger partial charge in [-0.25, -0.2) is 0 Å². The Labute approximate surface area is 102 Å². The summed E-state index contributed by atoms with van der Waals surface area (Å²) in [6.07, 6.45) is 3.52. The smallest absolute Gasteiger partial charge is 0.134 e. The number of furan rings is 1. The first kappa shape index (κ1) is 10.8. The lowest BCUT2D eigenvalue weighted by Gasteiger charge is -2.31. The fourth-order valence-corrected chi connectivity index (χ4v) is 2.92. The first-order chi connectivity index (χ1) is 8.24. The summed E-state index contributed by atoms with van der Waals surface area (Å²) in [6, 6.07) is 10.6. The minimum atomic E-state index is 0.256. The second-order valence-electron chi connectivity index (χ2n) is 5.38. The topological polar surface area (TPSA) is 39.2 Å². The van der Waals surface area contributed by atoms with Crippen LogP contribution < -0.4 is 5.73 Å². The van der Waals surface area contributed by atoms with Crippen LogP contribution in [0.4, 0.5) is 0 Å². The van der Waals surface area contributed by atoms with Crippen LogP contribution in [-0.2, 0) is 0 Å². The predicted octanol–water partition coefficient (Wildman–Crippen LogP) is 3.66. The fraction of sp³-hybridized carbons (Fsp3) is 0.467. The van der Waals surface area contributed by atoms with Crippen molar-refractivity contribution in [2.24, 2.45) is 11.7 Å². The Morgan fingerprint density at radius 1 is 1.24 bits per heavy atom. The van der Waals surface area contributed by atoms with Gasteiger partial charge in [-0.15, -0.1) is 0 Å². The van der Waals surface area contributed by atoms with Gasteiger partial charge >= 0.3 is 0 Å².